The first-order chi connectivity index (χ1) is 7.56. The van der Waals surface area contributed by atoms with E-state index < -0.39 is 0 Å². The maximum Gasteiger partial charge on any atom is 0.223 e. The Morgan fingerprint density at radius 3 is 1.81 bits per heavy atom. The molecule has 16 heavy (non-hydrogen) atoms. The van der Waals surface area contributed by atoms with E-state index in [1.165, 1.54) is 32.1 Å². The molecule has 0 heterocycles. The summed E-state index contributed by atoms with van der Waals surface area (Å²) in [6, 6.07) is 0. The fraction of sp³-hybridized carbons (Fsp3) is 0.929. The summed E-state index contributed by atoms with van der Waals surface area (Å²) in [5.41, 5.74) is 5.27. The molecule has 0 saturated carbocycles. The van der Waals surface area contributed by atoms with Gasteiger partial charge in [-0.25, -0.2) is 0 Å². The van der Waals surface area contributed by atoms with Crippen LogP contribution < -0.4 is 5.73 Å². The van der Waals surface area contributed by atoms with Gasteiger partial charge in [-0.15, -0.1) is 0 Å². The maximum absolute atomic E-state index is 11.5. The molecule has 0 fully saturated rings. The van der Waals surface area contributed by atoms with Gasteiger partial charge in [0, 0.05) is 5.41 Å². The second-order valence-electron chi connectivity index (χ2n) is 5.19. The predicted molar refractivity (Wildman–Crippen MR) is 70.2 cm³/mol. The van der Waals surface area contributed by atoms with Gasteiger partial charge in [0.2, 0.25) is 5.91 Å². The van der Waals surface area contributed by atoms with E-state index in [0.717, 1.165) is 25.7 Å². The minimum Gasteiger partial charge on any atom is -0.369 e. The van der Waals surface area contributed by atoms with E-state index in [9.17, 15) is 4.79 Å². The molecule has 0 saturated heterocycles. The number of amides is 1. The van der Waals surface area contributed by atoms with Crippen molar-refractivity contribution in [2.75, 3.05) is 0 Å². The quantitative estimate of drug-likeness (QED) is 0.563. The van der Waals surface area contributed by atoms with Crippen molar-refractivity contribution in [3.05, 3.63) is 0 Å². The Hall–Kier alpha value is -0.530. The molecule has 1 atom stereocenters. The van der Waals surface area contributed by atoms with Crippen LogP contribution in [0.25, 0.3) is 0 Å². The Balaban J connectivity index is 3.96. The van der Waals surface area contributed by atoms with Crippen LogP contribution in [-0.2, 0) is 4.79 Å². The maximum atomic E-state index is 11.5. The number of carbonyl (C=O) groups is 1. The smallest absolute Gasteiger partial charge is 0.223 e. The van der Waals surface area contributed by atoms with Crippen LogP contribution in [0.15, 0.2) is 0 Å². The van der Waals surface area contributed by atoms with Crippen LogP contribution in [0.5, 0.6) is 0 Å². The molecule has 0 radical (unpaired) electrons. The monoisotopic (exact) mass is 227 g/mol. The molecule has 1 amide bonds. The van der Waals surface area contributed by atoms with Gasteiger partial charge in [-0.05, 0) is 12.8 Å². The first-order valence-corrected chi connectivity index (χ1v) is 6.86. The summed E-state index contributed by atoms with van der Waals surface area (Å²) in [6.45, 7) is 6.42. The highest BCUT2D eigenvalue weighted by Gasteiger charge is 2.29. The first-order valence-electron chi connectivity index (χ1n) is 6.86. The summed E-state index contributed by atoms with van der Waals surface area (Å²) in [5, 5.41) is 0. The van der Waals surface area contributed by atoms with Gasteiger partial charge < -0.3 is 5.73 Å². The molecular weight excluding hydrogens is 198 g/mol. The van der Waals surface area contributed by atoms with Gasteiger partial charge in [-0.1, -0.05) is 65.7 Å². The Bertz CT molecular complexity index is 191. The number of nitrogens with two attached hydrogens (primary N) is 1. The predicted octanol–water partition coefficient (Wildman–Crippen LogP) is 4.03. The standard InChI is InChI=1S/C14H29NO/c1-4-6-8-10-12-14(3,13(15)16)11-9-7-5-2/h4-12H2,1-3H3,(H2,15,16). The van der Waals surface area contributed by atoms with Crippen molar-refractivity contribution in [2.24, 2.45) is 11.1 Å². The van der Waals surface area contributed by atoms with E-state index in [0.29, 0.717) is 0 Å². The average molecular weight is 227 g/mol. The molecular formula is C14H29NO. The summed E-state index contributed by atoms with van der Waals surface area (Å²) in [6.07, 6.45) is 10.3. The molecule has 0 spiro atoms. The minimum absolute atomic E-state index is 0.111. The van der Waals surface area contributed by atoms with Crippen molar-refractivity contribution >= 4 is 5.91 Å². The second-order valence-corrected chi connectivity index (χ2v) is 5.19. The Morgan fingerprint density at radius 1 is 0.938 bits per heavy atom. The van der Waals surface area contributed by atoms with Crippen molar-refractivity contribution in [1.29, 1.82) is 0 Å². The number of hydrogen-bond donors (Lipinski definition) is 1. The van der Waals surface area contributed by atoms with Crippen LogP contribution in [0.4, 0.5) is 0 Å². The first kappa shape index (κ1) is 15.5. The third-order valence-corrected chi connectivity index (χ3v) is 3.51. The Labute approximate surface area is 101 Å². The SMILES string of the molecule is CCCCCCC(C)(CCCCC)C(N)=O. The van der Waals surface area contributed by atoms with E-state index in [1.54, 1.807) is 0 Å². The normalized spacial score (nSPS) is 14.7. The van der Waals surface area contributed by atoms with Crippen LogP contribution in [-0.4, -0.2) is 5.91 Å². The highest BCUT2D eigenvalue weighted by atomic mass is 16.1. The van der Waals surface area contributed by atoms with E-state index in [1.807, 2.05) is 6.92 Å². The topological polar surface area (TPSA) is 43.1 Å². The Morgan fingerprint density at radius 2 is 1.38 bits per heavy atom. The van der Waals surface area contributed by atoms with Crippen LogP contribution >= 0.6 is 0 Å². The largest absolute Gasteiger partial charge is 0.369 e. The fourth-order valence-corrected chi connectivity index (χ4v) is 2.08. The summed E-state index contributed by atoms with van der Waals surface area (Å²) < 4.78 is 0. The average Bonchev–Trinajstić information content (AvgIpc) is 2.25. The van der Waals surface area contributed by atoms with Crippen molar-refractivity contribution < 1.29 is 4.79 Å². The number of unbranched alkanes of at least 4 members (excludes halogenated alkanes) is 5. The second kappa shape index (κ2) is 8.60. The highest BCUT2D eigenvalue weighted by molar-refractivity contribution is 5.80. The van der Waals surface area contributed by atoms with E-state index in [-0.39, 0.29) is 11.3 Å². The summed E-state index contributed by atoms with van der Waals surface area (Å²) >= 11 is 0. The van der Waals surface area contributed by atoms with Crippen LogP contribution in [0.2, 0.25) is 0 Å². The molecule has 0 aromatic heterocycles. The molecule has 0 bridgehead atoms. The molecule has 2 nitrogen and oxygen atoms in total. The molecule has 0 rings (SSSR count). The van der Waals surface area contributed by atoms with Gasteiger partial charge in [0.05, 0.1) is 0 Å². The van der Waals surface area contributed by atoms with E-state index in [4.69, 9.17) is 5.73 Å². The molecule has 96 valence electrons. The minimum atomic E-state index is -0.261. The van der Waals surface area contributed by atoms with E-state index >= 15 is 0 Å². The molecule has 0 aromatic carbocycles. The van der Waals surface area contributed by atoms with Gasteiger partial charge in [0.25, 0.3) is 0 Å². The zero-order valence-corrected chi connectivity index (χ0v) is 11.3. The van der Waals surface area contributed by atoms with Crippen LogP contribution in [0, 0.1) is 5.41 Å². The lowest BCUT2D eigenvalue weighted by molar-refractivity contribution is -0.127. The van der Waals surface area contributed by atoms with Crippen molar-refractivity contribution in [3.8, 4) is 0 Å². The number of hydrogen-bond acceptors (Lipinski definition) is 1. The third kappa shape index (κ3) is 6.14. The molecule has 0 aliphatic heterocycles. The lowest BCUT2D eigenvalue weighted by Gasteiger charge is -2.26. The third-order valence-electron chi connectivity index (χ3n) is 3.51. The van der Waals surface area contributed by atoms with Gasteiger partial charge in [-0.2, -0.15) is 0 Å². The molecule has 2 heteroatoms. The Kier molecular flexibility index (Phi) is 8.32. The molecule has 1 unspecified atom stereocenters. The number of primary amides is 1. The van der Waals surface area contributed by atoms with Crippen molar-refractivity contribution in [1.82, 2.24) is 0 Å². The van der Waals surface area contributed by atoms with Gasteiger partial charge in [0.1, 0.15) is 0 Å². The summed E-state index contributed by atoms with van der Waals surface area (Å²) in [4.78, 5) is 11.5. The van der Waals surface area contributed by atoms with Crippen LogP contribution in [0.1, 0.15) is 78.6 Å². The zero-order chi connectivity index (χ0) is 12.4. The van der Waals surface area contributed by atoms with Crippen LogP contribution in [0.3, 0.4) is 0 Å². The highest BCUT2D eigenvalue weighted by Crippen LogP contribution is 2.30. The lowest BCUT2D eigenvalue weighted by atomic mass is 9.79. The lowest BCUT2D eigenvalue weighted by Crippen LogP contribution is -2.34. The zero-order valence-electron chi connectivity index (χ0n) is 11.3. The molecule has 0 aliphatic carbocycles. The van der Waals surface area contributed by atoms with Gasteiger partial charge >= 0.3 is 0 Å². The van der Waals surface area contributed by atoms with E-state index in [2.05, 4.69) is 13.8 Å². The van der Waals surface area contributed by atoms with Crippen molar-refractivity contribution in [3.63, 3.8) is 0 Å². The van der Waals surface area contributed by atoms with Crippen molar-refractivity contribution in [2.45, 2.75) is 78.6 Å². The molecule has 2 N–H and O–H groups in total. The van der Waals surface area contributed by atoms with Gasteiger partial charge in [-0.3, -0.25) is 4.79 Å². The summed E-state index contributed by atoms with van der Waals surface area (Å²) in [5.74, 6) is -0.111. The fourth-order valence-electron chi connectivity index (χ4n) is 2.08. The number of rotatable bonds is 10. The molecule has 0 aromatic rings. The number of carbonyl (C=O) groups excluding carboxylic acids is 1. The molecule has 0 aliphatic rings. The summed E-state index contributed by atoms with van der Waals surface area (Å²) in [7, 11) is 0. The van der Waals surface area contributed by atoms with Gasteiger partial charge in [0.15, 0.2) is 0 Å².